The van der Waals surface area contributed by atoms with Crippen molar-refractivity contribution in [3.8, 4) is 17.6 Å². The maximum absolute atomic E-state index is 13.1. The third kappa shape index (κ3) is 5.85. The summed E-state index contributed by atoms with van der Waals surface area (Å²) >= 11 is 1.69. The summed E-state index contributed by atoms with van der Waals surface area (Å²) in [7, 11) is 1.63. The molecule has 0 aliphatic rings. The summed E-state index contributed by atoms with van der Waals surface area (Å²) in [5.74, 6) is 1.27. The quantitative estimate of drug-likeness (QED) is 0.505. The van der Waals surface area contributed by atoms with Crippen molar-refractivity contribution in [1.82, 2.24) is 4.90 Å². The molecule has 0 N–H and O–H groups in total. The molecule has 3 aromatic rings. The minimum atomic E-state index is -0.0840. The fraction of sp³-hybridized carbons (Fsp3) is 0.250. The summed E-state index contributed by atoms with van der Waals surface area (Å²) in [5, 5.41) is 10.9. The van der Waals surface area contributed by atoms with Crippen LogP contribution in [0, 0.1) is 11.3 Å². The van der Waals surface area contributed by atoms with Crippen LogP contribution < -0.4 is 9.47 Å². The third-order valence-corrected chi connectivity index (χ3v) is 5.69. The monoisotopic (exact) mass is 420 g/mol. The van der Waals surface area contributed by atoms with Gasteiger partial charge in [0.05, 0.1) is 18.7 Å². The van der Waals surface area contributed by atoms with Crippen molar-refractivity contribution >= 4 is 17.2 Å². The van der Waals surface area contributed by atoms with E-state index >= 15 is 0 Å². The maximum Gasteiger partial charge on any atom is 0.261 e. The first-order chi connectivity index (χ1) is 14.6. The minimum Gasteiger partial charge on any atom is -0.497 e. The highest BCUT2D eigenvalue weighted by Crippen LogP contribution is 2.19. The fourth-order valence-electron chi connectivity index (χ4n) is 3.10. The second-order valence-corrected chi connectivity index (χ2v) is 7.96. The summed E-state index contributed by atoms with van der Waals surface area (Å²) in [6.07, 6.45) is 0.788. The second-order valence-electron chi connectivity index (χ2n) is 6.93. The molecule has 0 aliphatic heterocycles. The van der Waals surface area contributed by atoms with Crippen LogP contribution in [0.5, 0.6) is 11.5 Å². The Morgan fingerprint density at radius 1 is 1.10 bits per heavy atom. The average Bonchev–Trinajstić information content (AvgIpc) is 3.29. The summed E-state index contributed by atoms with van der Waals surface area (Å²) in [5.41, 5.74) is 1.58. The number of amides is 1. The van der Waals surface area contributed by atoms with Crippen LogP contribution in [0.3, 0.4) is 0 Å². The van der Waals surface area contributed by atoms with E-state index < -0.39 is 0 Å². The van der Waals surface area contributed by atoms with Gasteiger partial charge in [-0.3, -0.25) is 4.79 Å². The van der Waals surface area contributed by atoms with Crippen molar-refractivity contribution in [2.45, 2.75) is 25.9 Å². The molecule has 1 atom stereocenters. The Morgan fingerprint density at radius 2 is 1.80 bits per heavy atom. The predicted octanol–water partition coefficient (Wildman–Crippen LogP) is 4.67. The molecule has 6 heteroatoms. The molecule has 1 unspecified atom stereocenters. The van der Waals surface area contributed by atoms with E-state index in [0.29, 0.717) is 17.9 Å². The molecule has 0 aliphatic carbocycles. The number of rotatable bonds is 9. The molecule has 0 spiro atoms. The summed E-state index contributed by atoms with van der Waals surface area (Å²) in [6, 6.07) is 20.7. The molecule has 1 aromatic heterocycles. The van der Waals surface area contributed by atoms with Gasteiger partial charge in [0, 0.05) is 23.9 Å². The van der Waals surface area contributed by atoms with Crippen LogP contribution in [0.4, 0.5) is 0 Å². The van der Waals surface area contributed by atoms with Gasteiger partial charge in [0.2, 0.25) is 0 Å². The molecule has 2 aromatic carbocycles. The van der Waals surface area contributed by atoms with Gasteiger partial charge >= 0.3 is 0 Å². The molecule has 1 amide bonds. The predicted molar refractivity (Wildman–Crippen MR) is 118 cm³/mol. The number of nitriles is 1. The fourth-order valence-corrected chi connectivity index (χ4v) is 3.93. The van der Waals surface area contributed by atoms with Gasteiger partial charge in [0.1, 0.15) is 11.5 Å². The Labute approximate surface area is 181 Å². The van der Waals surface area contributed by atoms with E-state index in [1.165, 1.54) is 4.88 Å². The number of benzene rings is 2. The molecule has 0 saturated carbocycles. The molecule has 0 bridgehead atoms. The van der Waals surface area contributed by atoms with Crippen LogP contribution in [0.25, 0.3) is 0 Å². The van der Waals surface area contributed by atoms with Gasteiger partial charge in [-0.15, -0.1) is 11.3 Å². The van der Waals surface area contributed by atoms with Crippen molar-refractivity contribution < 1.29 is 14.3 Å². The van der Waals surface area contributed by atoms with Gasteiger partial charge in [-0.05, 0) is 60.3 Å². The highest BCUT2D eigenvalue weighted by atomic mass is 32.1. The third-order valence-electron chi connectivity index (χ3n) is 4.79. The molecule has 0 saturated heterocycles. The average molecular weight is 421 g/mol. The van der Waals surface area contributed by atoms with Gasteiger partial charge in [-0.1, -0.05) is 18.2 Å². The number of thiophene rings is 1. The zero-order chi connectivity index (χ0) is 21.3. The molecule has 0 radical (unpaired) electrons. The lowest BCUT2D eigenvalue weighted by molar-refractivity contribution is -0.136. The van der Waals surface area contributed by atoms with Gasteiger partial charge in [-0.2, -0.15) is 5.26 Å². The van der Waals surface area contributed by atoms with Gasteiger partial charge in [0.25, 0.3) is 5.91 Å². The highest BCUT2D eigenvalue weighted by Gasteiger charge is 2.22. The van der Waals surface area contributed by atoms with E-state index in [1.807, 2.05) is 40.6 Å². The number of methoxy groups -OCH3 is 1. The largest absolute Gasteiger partial charge is 0.497 e. The topological polar surface area (TPSA) is 62.6 Å². The summed E-state index contributed by atoms with van der Waals surface area (Å²) in [4.78, 5) is 16.2. The molecule has 1 heterocycles. The van der Waals surface area contributed by atoms with Gasteiger partial charge < -0.3 is 14.4 Å². The van der Waals surface area contributed by atoms with Gasteiger partial charge in [0.15, 0.2) is 6.61 Å². The van der Waals surface area contributed by atoms with Crippen LogP contribution in [0.1, 0.15) is 22.9 Å². The van der Waals surface area contributed by atoms with E-state index in [4.69, 9.17) is 14.7 Å². The second kappa shape index (κ2) is 10.5. The van der Waals surface area contributed by atoms with Crippen LogP contribution in [-0.2, 0) is 17.8 Å². The van der Waals surface area contributed by atoms with E-state index in [0.717, 1.165) is 17.7 Å². The van der Waals surface area contributed by atoms with Crippen molar-refractivity contribution in [1.29, 1.82) is 5.26 Å². The van der Waals surface area contributed by atoms with E-state index in [1.54, 1.807) is 42.7 Å². The van der Waals surface area contributed by atoms with Crippen LogP contribution in [-0.4, -0.2) is 30.6 Å². The van der Waals surface area contributed by atoms with Crippen LogP contribution in [0.15, 0.2) is 66.0 Å². The Kier molecular flexibility index (Phi) is 7.47. The molecule has 3 rings (SSSR count). The lowest BCUT2D eigenvalue weighted by atomic mass is 10.1. The molecule has 30 heavy (non-hydrogen) atoms. The smallest absolute Gasteiger partial charge is 0.261 e. The Bertz CT molecular complexity index is 977. The summed E-state index contributed by atoms with van der Waals surface area (Å²) < 4.78 is 10.9. The first-order valence-electron chi connectivity index (χ1n) is 9.67. The van der Waals surface area contributed by atoms with Crippen molar-refractivity contribution in [2.24, 2.45) is 0 Å². The Balaban J connectivity index is 1.70. The SMILES string of the molecule is COc1ccc(CN(C(=O)COc2ccc(C#N)cc2)C(C)Cc2cccs2)cc1. The van der Waals surface area contributed by atoms with Crippen molar-refractivity contribution in [3.05, 3.63) is 82.0 Å². The highest BCUT2D eigenvalue weighted by molar-refractivity contribution is 7.09. The van der Waals surface area contributed by atoms with Crippen molar-refractivity contribution in [3.63, 3.8) is 0 Å². The Hall–Kier alpha value is -3.30. The molecule has 0 fully saturated rings. The number of ether oxygens (including phenoxy) is 2. The molecule has 154 valence electrons. The first kappa shape index (κ1) is 21.4. The molecular formula is C24H24N2O3S. The Morgan fingerprint density at radius 3 is 2.40 bits per heavy atom. The maximum atomic E-state index is 13.1. The van der Waals surface area contributed by atoms with Crippen LogP contribution >= 0.6 is 11.3 Å². The lowest BCUT2D eigenvalue weighted by Gasteiger charge is -2.29. The molecule has 5 nitrogen and oxygen atoms in total. The first-order valence-corrected chi connectivity index (χ1v) is 10.5. The number of hydrogen-bond donors (Lipinski definition) is 0. The normalized spacial score (nSPS) is 11.4. The number of carbonyl (C=O) groups excluding carboxylic acids is 1. The molecular weight excluding hydrogens is 396 g/mol. The standard InChI is InChI=1S/C24H24N2O3S/c1-18(14-23-4-3-13-30-23)26(16-20-7-9-21(28-2)10-8-20)24(27)17-29-22-11-5-19(15-25)6-12-22/h3-13,18H,14,16-17H2,1-2H3. The zero-order valence-corrected chi connectivity index (χ0v) is 17.9. The van der Waals surface area contributed by atoms with Gasteiger partial charge in [-0.25, -0.2) is 0 Å². The van der Waals surface area contributed by atoms with Crippen molar-refractivity contribution in [2.75, 3.05) is 13.7 Å². The number of hydrogen-bond acceptors (Lipinski definition) is 5. The lowest BCUT2D eigenvalue weighted by Crippen LogP contribution is -2.41. The van der Waals surface area contributed by atoms with E-state index in [-0.39, 0.29) is 18.6 Å². The van der Waals surface area contributed by atoms with Crippen LogP contribution in [0.2, 0.25) is 0 Å². The summed E-state index contributed by atoms with van der Waals surface area (Å²) in [6.45, 7) is 2.49. The number of carbonyl (C=O) groups is 1. The van der Waals surface area contributed by atoms with E-state index in [9.17, 15) is 4.79 Å². The number of nitrogens with zero attached hydrogens (tertiary/aromatic N) is 2. The zero-order valence-electron chi connectivity index (χ0n) is 17.1. The van der Waals surface area contributed by atoms with E-state index in [2.05, 4.69) is 19.1 Å². The minimum absolute atomic E-state index is 0.0165.